The van der Waals surface area contributed by atoms with Gasteiger partial charge in [0, 0.05) is 52.0 Å². The van der Waals surface area contributed by atoms with E-state index >= 15 is 0 Å². The minimum atomic E-state index is -4.69. The van der Waals surface area contributed by atoms with Gasteiger partial charge in [-0.1, -0.05) is 23.7 Å². The van der Waals surface area contributed by atoms with E-state index < -0.39 is 33.8 Å². The lowest BCUT2D eigenvalue weighted by atomic mass is 9.97. The highest BCUT2D eigenvalue weighted by atomic mass is 35.5. The van der Waals surface area contributed by atoms with Crippen molar-refractivity contribution in [2.45, 2.75) is 50.9 Å². The Kier molecular flexibility index (Phi) is 6.83. The predicted octanol–water partition coefficient (Wildman–Crippen LogP) is 5.37. The van der Waals surface area contributed by atoms with E-state index in [0.29, 0.717) is 16.5 Å². The molecule has 204 valence electrons. The van der Waals surface area contributed by atoms with Crippen LogP contribution >= 0.6 is 11.6 Å². The molecule has 0 unspecified atom stereocenters. The van der Waals surface area contributed by atoms with Crippen molar-refractivity contribution in [2.75, 3.05) is 23.5 Å². The molecule has 1 N–H and O–H groups in total. The van der Waals surface area contributed by atoms with E-state index in [9.17, 15) is 22.2 Å². The highest BCUT2D eigenvalue weighted by molar-refractivity contribution is 7.92. The third-order valence-electron chi connectivity index (χ3n) is 7.50. The number of anilines is 2. The largest absolute Gasteiger partial charge is 0.413 e. The van der Waals surface area contributed by atoms with Crippen LogP contribution in [0, 0.1) is 10.7 Å². The number of nitrogens with one attached hydrogen (secondary N) is 1. The molecule has 1 amide bonds. The molecule has 38 heavy (non-hydrogen) atoms. The second-order valence-electron chi connectivity index (χ2n) is 10.1. The van der Waals surface area contributed by atoms with E-state index in [-0.39, 0.29) is 36.0 Å². The summed E-state index contributed by atoms with van der Waals surface area (Å²) in [4.78, 5) is 20.2. The second kappa shape index (κ2) is 9.71. The average molecular weight is 569 g/mol. The van der Waals surface area contributed by atoms with Crippen LogP contribution in [0.4, 0.5) is 24.5 Å². The Bertz CT molecular complexity index is 1460. The summed E-state index contributed by atoms with van der Waals surface area (Å²) in [5.74, 6) is -1.25. The average Bonchev–Trinajstić information content (AvgIpc) is 3.24. The monoisotopic (exact) mass is 568 g/mol. The van der Waals surface area contributed by atoms with Crippen molar-refractivity contribution in [1.82, 2.24) is 19.5 Å². The molecule has 0 bridgehead atoms. The molecular formula is C25H28ClF3N6O2S. The maximum Gasteiger partial charge on any atom is 0.413 e. The van der Waals surface area contributed by atoms with Crippen LogP contribution in [-0.2, 0) is 20.9 Å². The van der Waals surface area contributed by atoms with Crippen LogP contribution in [-0.4, -0.2) is 60.4 Å². The standard InChI is InChI=1S/C25H28ClF3N6O2S/c1-15-3-8-19-20(14-31-22-13-21(26)32-35(19)22)34(15)18-6-4-16(5-7-18)23(25(27,28)29)33(2)24(36)17-9-11-38(30,37)12-10-17/h4-7,13-15,17,23,30H,3,8-12H2,1-2H3/t15-,17?,23+,38?/m1/s1. The van der Waals surface area contributed by atoms with Gasteiger partial charge in [-0.25, -0.2) is 13.7 Å². The van der Waals surface area contributed by atoms with Crippen LogP contribution in [0.15, 0.2) is 36.5 Å². The summed E-state index contributed by atoms with van der Waals surface area (Å²) in [6.07, 6.45) is -1.09. The van der Waals surface area contributed by atoms with Crippen LogP contribution in [0.2, 0.25) is 5.15 Å². The van der Waals surface area contributed by atoms with Gasteiger partial charge in [0.05, 0.1) is 17.6 Å². The van der Waals surface area contributed by atoms with Crippen LogP contribution < -0.4 is 4.90 Å². The van der Waals surface area contributed by atoms with Gasteiger partial charge in [0.1, 0.15) is 0 Å². The number of carbonyl (C=O) groups excluding carboxylic acids is 1. The molecule has 5 rings (SSSR count). The van der Waals surface area contributed by atoms with Crippen molar-refractivity contribution in [3.8, 4) is 0 Å². The molecule has 0 spiro atoms. The van der Waals surface area contributed by atoms with Gasteiger partial charge < -0.3 is 9.80 Å². The van der Waals surface area contributed by atoms with Crippen molar-refractivity contribution in [3.05, 3.63) is 52.9 Å². The third kappa shape index (κ3) is 4.95. The number of carbonyl (C=O) groups is 1. The molecule has 2 atom stereocenters. The zero-order valence-electron chi connectivity index (χ0n) is 20.9. The number of aromatic nitrogens is 3. The zero-order chi connectivity index (χ0) is 27.4. The maximum atomic E-state index is 14.3. The Hall–Kier alpha value is -2.86. The third-order valence-corrected chi connectivity index (χ3v) is 9.48. The minimum absolute atomic E-state index is 0.0318. The van der Waals surface area contributed by atoms with Gasteiger partial charge in [0.25, 0.3) is 0 Å². The van der Waals surface area contributed by atoms with Crippen LogP contribution in [0.1, 0.15) is 43.5 Å². The first-order valence-electron chi connectivity index (χ1n) is 12.4. The number of alkyl halides is 3. The number of hydrogen-bond acceptors (Lipinski definition) is 6. The van der Waals surface area contributed by atoms with E-state index in [0.717, 1.165) is 36.2 Å². The van der Waals surface area contributed by atoms with Crippen LogP contribution in [0.5, 0.6) is 0 Å². The Morgan fingerprint density at radius 2 is 1.87 bits per heavy atom. The second-order valence-corrected chi connectivity index (χ2v) is 12.9. The Labute approximate surface area is 223 Å². The van der Waals surface area contributed by atoms with Crippen molar-refractivity contribution >= 4 is 44.3 Å². The number of fused-ring (bicyclic) bond motifs is 3. The summed E-state index contributed by atoms with van der Waals surface area (Å²) in [5, 5.41) is 4.66. The lowest BCUT2D eigenvalue weighted by Gasteiger charge is -2.37. The molecule has 3 aromatic rings. The fourth-order valence-electron chi connectivity index (χ4n) is 5.51. The van der Waals surface area contributed by atoms with Gasteiger partial charge in [-0.3, -0.25) is 9.57 Å². The topological polar surface area (TPSA) is 94.7 Å². The molecule has 1 aromatic carbocycles. The SMILES string of the molecule is C[C@@H]1CCc2c(cnc3cc(Cl)nn23)N1c1ccc([C@H](N(C)C(=O)C2CCS(=N)(=O)CC2)C(F)(F)F)cc1. The minimum Gasteiger partial charge on any atom is -0.336 e. The van der Waals surface area contributed by atoms with Gasteiger partial charge in [0.15, 0.2) is 16.8 Å². The van der Waals surface area contributed by atoms with Gasteiger partial charge in [-0.05, 0) is 50.3 Å². The van der Waals surface area contributed by atoms with Gasteiger partial charge in [-0.2, -0.15) is 18.3 Å². The quantitative estimate of drug-likeness (QED) is 0.456. The molecule has 0 saturated carbocycles. The van der Waals surface area contributed by atoms with E-state index in [1.54, 1.807) is 28.9 Å². The summed E-state index contributed by atoms with van der Waals surface area (Å²) >= 11 is 6.07. The smallest absolute Gasteiger partial charge is 0.336 e. The Balaban J connectivity index is 1.44. The van der Waals surface area contributed by atoms with Crippen molar-refractivity contribution in [1.29, 1.82) is 4.78 Å². The number of benzene rings is 1. The number of hydrogen-bond donors (Lipinski definition) is 1. The first-order valence-corrected chi connectivity index (χ1v) is 14.6. The molecule has 0 aliphatic carbocycles. The first-order chi connectivity index (χ1) is 17.9. The molecular weight excluding hydrogens is 541 g/mol. The zero-order valence-corrected chi connectivity index (χ0v) is 22.5. The first kappa shape index (κ1) is 26.7. The van der Waals surface area contributed by atoms with Crippen molar-refractivity contribution in [2.24, 2.45) is 5.92 Å². The number of nitrogens with zero attached hydrogens (tertiary/aromatic N) is 5. The van der Waals surface area contributed by atoms with Gasteiger partial charge >= 0.3 is 6.18 Å². The molecule has 1 saturated heterocycles. The normalized spacial score (nSPS) is 24.7. The molecule has 4 heterocycles. The highest BCUT2D eigenvalue weighted by Crippen LogP contribution is 2.41. The Morgan fingerprint density at radius 1 is 1.21 bits per heavy atom. The molecule has 1 fully saturated rings. The molecule has 8 nitrogen and oxygen atoms in total. The fraction of sp³-hybridized carbons (Fsp3) is 0.480. The summed E-state index contributed by atoms with van der Waals surface area (Å²) in [7, 11) is -1.58. The van der Waals surface area contributed by atoms with E-state index in [4.69, 9.17) is 16.4 Å². The van der Waals surface area contributed by atoms with E-state index in [2.05, 4.69) is 10.1 Å². The number of aryl methyl sites for hydroxylation is 1. The predicted molar refractivity (Wildman–Crippen MR) is 139 cm³/mol. The molecule has 0 radical (unpaired) electrons. The molecule has 2 aliphatic rings. The highest BCUT2D eigenvalue weighted by Gasteiger charge is 2.46. The number of halogens is 4. The molecule has 2 aliphatic heterocycles. The van der Waals surface area contributed by atoms with Crippen molar-refractivity contribution < 1.29 is 22.2 Å². The van der Waals surface area contributed by atoms with Crippen LogP contribution in [0.3, 0.4) is 0 Å². The van der Waals surface area contributed by atoms with Crippen LogP contribution in [0.25, 0.3) is 5.65 Å². The fourth-order valence-corrected chi connectivity index (χ4v) is 7.22. The lowest BCUT2D eigenvalue weighted by molar-refractivity contribution is -0.190. The van der Waals surface area contributed by atoms with Gasteiger partial charge in [-0.15, -0.1) is 0 Å². The number of rotatable bonds is 4. The Morgan fingerprint density at radius 3 is 2.50 bits per heavy atom. The van der Waals surface area contributed by atoms with Gasteiger partial charge in [0.2, 0.25) is 5.91 Å². The van der Waals surface area contributed by atoms with Crippen molar-refractivity contribution in [3.63, 3.8) is 0 Å². The van der Waals surface area contributed by atoms with E-state index in [1.807, 2.05) is 11.8 Å². The molecule has 2 aromatic heterocycles. The summed E-state index contributed by atoms with van der Waals surface area (Å²) in [6, 6.07) is 5.71. The summed E-state index contributed by atoms with van der Waals surface area (Å²) < 4.78 is 64.1. The number of amides is 1. The maximum absolute atomic E-state index is 14.3. The lowest BCUT2D eigenvalue weighted by Crippen LogP contribution is -2.44. The summed E-state index contributed by atoms with van der Waals surface area (Å²) in [6.45, 7) is 2.04. The van der Waals surface area contributed by atoms with E-state index in [1.165, 1.54) is 12.1 Å². The molecule has 13 heteroatoms. The summed E-state index contributed by atoms with van der Waals surface area (Å²) in [5.41, 5.74) is 3.02.